The van der Waals surface area contributed by atoms with Gasteiger partial charge in [-0.2, -0.15) is 0 Å². The van der Waals surface area contributed by atoms with Gasteiger partial charge in [0.2, 0.25) is 0 Å². The largest absolute Gasteiger partial charge is 0.481 e. The molecule has 0 aliphatic carbocycles. The summed E-state index contributed by atoms with van der Waals surface area (Å²) in [6.45, 7) is 0. The summed E-state index contributed by atoms with van der Waals surface area (Å²) in [5.41, 5.74) is 1.37. The third-order valence-electron chi connectivity index (χ3n) is 2.55. The Bertz CT molecular complexity index is 658. The predicted octanol–water partition coefficient (Wildman–Crippen LogP) is 2.61. The quantitative estimate of drug-likeness (QED) is 0.907. The molecule has 0 atom stereocenters. The second kappa shape index (κ2) is 6.16. The zero-order valence-electron chi connectivity index (χ0n) is 10.3. The number of carbonyl (C=O) groups excluding carboxylic acids is 1. The average molecular weight is 291 g/mol. The predicted molar refractivity (Wildman–Crippen MR) is 75.0 cm³/mol. The highest BCUT2D eigenvalue weighted by molar-refractivity contribution is 6.34. The fourth-order valence-corrected chi connectivity index (χ4v) is 1.87. The molecular formula is C14H11ClN2O3. The number of benzene rings is 1. The van der Waals surface area contributed by atoms with E-state index in [1.165, 1.54) is 18.5 Å². The lowest BCUT2D eigenvalue weighted by molar-refractivity contribution is -0.136. The molecule has 1 aromatic heterocycles. The van der Waals surface area contributed by atoms with Crippen molar-refractivity contribution in [3.8, 4) is 0 Å². The zero-order valence-corrected chi connectivity index (χ0v) is 11.1. The van der Waals surface area contributed by atoms with E-state index in [1.807, 2.05) is 0 Å². The Kier molecular flexibility index (Phi) is 4.32. The van der Waals surface area contributed by atoms with Crippen LogP contribution in [0.3, 0.4) is 0 Å². The van der Waals surface area contributed by atoms with Crippen molar-refractivity contribution in [2.75, 3.05) is 5.32 Å². The van der Waals surface area contributed by atoms with Crippen molar-refractivity contribution < 1.29 is 14.7 Å². The first kappa shape index (κ1) is 14.0. The smallest absolute Gasteiger partial charge is 0.307 e. The van der Waals surface area contributed by atoms with Crippen molar-refractivity contribution in [3.05, 3.63) is 58.9 Å². The van der Waals surface area contributed by atoms with E-state index >= 15 is 0 Å². The number of nitrogens with zero attached hydrogens (tertiary/aromatic N) is 1. The Hall–Kier alpha value is -2.40. The molecule has 5 nitrogen and oxygen atoms in total. The summed E-state index contributed by atoms with van der Waals surface area (Å²) in [5.74, 6) is -1.32. The van der Waals surface area contributed by atoms with Gasteiger partial charge in [-0.15, -0.1) is 0 Å². The van der Waals surface area contributed by atoms with Gasteiger partial charge in [-0.05, 0) is 23.8 Å². The maximum atomic E-state index is 12.0. The fraction of sp³-hybridized carbons (Fsp3) is 0.0714. The van der Waals surface area contributed by atoms with Crippen LogP contribution in [0.25, 0.3) is 0 Å². The van der Waals surface area contributed by atoms with Gasteiger partial charge in [0.15, 0.2) is 0 Å². The van der Waals surface area contributed by atoms with E-state index in [9.17, 15) is 9.59 Å². The third kappa shape index (κ3) is 3.55. The van der Waals surface area contributed by atoms with Crippen LogP contribution < -0.4 is 5.32 Å². The van der Waals surface area contributed by atoms with Crippen molar-refractivity contribution in [2.24, 2.45) is 0 Å². The number of amides is 1. The van der Waals surface area contributed by atoms with Crippen LogP contribution in [0.15, 0.2) is 42.7 Å². The summed E-state index contributed by atoms with van der Waals surface area (Å²) in [5, 5.41) is 11.7. The molecule has 0 aliphatic heterocycles. The topological polar surface area (TPSA) is 79.3 Å². The van der Waals surface area contributed by atoms with Crippen molar-refractivity contribution >= 4 is 29.2 Å². The molecule has 2 N–H and O–H groups in total. The number of hydrogen-bond acceptors (Lipinski definition) is 3. The Balaban J connectivity index is 2.16. The SMILES string of the molecule is O=C(O)Cc1cccc(NC(=O)c2cnccc2Cl)c1. The van der Waals surface area contributed by atoms with Gasteiger partial charge < -0.3 is 10.4 Å². The van der Waals surface area contributed by atoms with Gasteiger partial charge >= 0.3 is 5.97 Å². The highest BCUT2D eigenvalue weighted by Crippen LogP contribution is 2.17. The molecule has 0 saturated carbocycles. The number of carboxylic acid groups (broad SMARTS) is 1. The van der Waals surface area contributed by atoms with Crippen LogP contribution in [0.1, 0.15) is 15.9 Å². The summed E-state index contributed by atoms with van der Waals surface area (Å²) in [6, 6.07) is 8.17. The van der Waals surface area contributed by atoms with Crippen molar-refractivity contribution in [3.63, 3.8) is 0 Å². The molecule has 0 radical (unpaired) electrons. The van der Waals surface area contributed by atoms with E-state index in [-0.39, 0.29) is 12.0 Å². The first-order valence-corrected chi connectivity index (χ1v) is 6.15. The number of hydrogen-bond donors (Lipinski definition) is 2. The molecular weight excluding hydrogens is 280 g/mol. The summed E-state index contributed by atoms with van der Waals surface area (Å²) >= 11 is 5.91. The van der Waals surface area contributed by atoms with Gasteiger partial charge in [0.25, 0.3) is 5.91 Å². The number of anilines is 1. The summed E-state index contributed by atoms with van der Waals surface area (Å²) < 4.78 is 0. The monoisotopic (exact) mass is 290 g/mol. The van der Waals surface area contributed by atoms with E-state index in [2.05, 4.69) is 10.3 Å². The molecule has 102 valence electrons. The molecule has 0 aliphatic rings. The van der Waals surface area contributed by atoms with Crippen LogP contribution in [0.4, 0.5) is 5.69 Å². The maximum Gasteiger partial charge on any atom is 0.307 e. The molecule has 0 unspecified atom stereocenters. The van der Waals surface area contributed by atoms with Crippen molar-refractivity contribution in [2.45, 2.75) is 6.42 Å². The number of nitrogens with one attached hydrogen (secondary N) is 1. The number of halogens is 1. The maximum absolute atomic E-state index is 12.0. The number of rotatable bonds is 4. The molecule has 1 amide bonds. The number of aliphatic carboxylic acids is 1. The van der Waals surface area contributed by atoms with Crippen LogP contribution in [-0.4, -0.2) is 22.0 Å². The Morgan fingerprint density at radius 2 is 2.10 bits per heavy atom. The van der Waals surface area contributed by atoms with Gasteiger partial charge in [-0.3, -0.25) is 14.6 Å². The van der Waals surface area contributed by atoms with Crippen molar-refractivity contribution in [1.29, 1.82) is 0 Å². The zero-order chi connectivity index (χ0) is 14.5. The molecule has 2 rings (SSSR count). The van der Waals surface area contributed by atoms with Gasteiger partial charge in [0.1, 0.15) is 0 Å². The summed E-state index contributed by atoms with van der Waals surface area (Å²) in [7, 11) is 0. The Morgan fingerprint density at radius 1 is 1.30 bits per heavy atom. The molecule has 1 aromatic carbocycles. The minimum absolute atomic E-state index is 0.0998. The average Bonchev–Trinajstić information content (AvgIpc) is 2.38. The molecule has 2 aromatic rings. The van der Waals surface area contributed by atoms with E-state index in [4.69, 9.17) is 16.7 Å². The van der Waals surface area contributed by atoms with Crippen LogP contribution in [0.5, 0.6) is 0 Å². The lowest BCUT2D eigenvalue weighted by atomic mass is 10.1. The molecule has 0 fully saturated rings. The van der Waals surface area contributed by atoms with Crippen molar-refractivity contribution in [1.82, 2.24) is 4.98 Å². The molecule has 0 spiro atoms. The van der Waals surface area contributed by atoms with Crippen LogP contribution >= 0.6 is 11.6 Å². The first-order valence-electron chi connectivity index (χ1n) is 5.78. The number of aromatic nitrogens is 1. The standard InChI is InChI=1S/C14H11ClN2O3/c15-12-4-5-16-8-11(12)14(20)17-10-3-1-2-9(6-10)7-13(18)19/h1-6,8H,7H2,(H,17,20)(H,18,19). The van der Waals surface area contributed by atoms with Gasteiger partial charge in [0, 0.05) is 18.1 Å². The molecule has 20 heavy (non-hydrogen) atoms. The van der Waals surface area contributed by atoms with Gasteiger partial charge in [0.05, 0.1) is 17.0 Å². The second-order valence-electron chi connectivity index (χ2n) is 4.08. The highest BCUT2D eigenvalue weighted by atomic mass is 35.5. The minimum Gasteiger partial charge on any atom is -0.481 e. The molecule has 0 bridgehead atoms. The number of carboxylic acids is 1. The van der Waals surface area contributed by atoms with E-state index < -0.39 is 11.9 Å². The fourth-order valence-electron chi connectivity index (χ4n) is 1.68. The third-order valence-corrected chi connectivity index (χ3v) is 2.88. The highest BCUT2D eigenvalue weighted by Gasteiger charge is 2.11. The first-order chi connectivity index (χ1) is 9.56. The lowest BCUT2D eigenvalue weighted by Crippen LogP contribution is -2.13. The summed E-state index contributed by atoms with van der Waals surface area (Å²) in [4.78, 5) is 26.5. The number of carbonyl (C=O) groups is 2. The van der Waals surface area contributed by atoms with E-state index in [1.54, 1.807) is 24.3 Å². The normalized spacial score (nSPS) is 10.1. The second-order valence-corrected chi connectivity index (χ2v) is 4.49. The van der Waals surface area contributed by atoms with Gasteiger partial charge in [-0.25, -0.2) is 0 Å². The Labute approximate surface area is 120 Å². The molecule has 0 saturated heterocycles. The van der Waals surface area contributed by atoms with E-state index in [0.29, 0.717) is 16.3 Å². The molecule has 6 heteroatoms. The van der Waals surface area contributed by atoms with Crippen LogP contribution in [0.2, 0.25) is 5.02 Å². The Morgan fingerprint density at radius 3 is 2.80 bits per heavy atom. The van der Waals surface area contributed by atoms with Crippen LogP contribution in [0, 0.1) is 0 Å². The minimum atomic E-state index is -0.927. The lowest BCUT2D eigenvalue weighted by Gasteiger charge is -2.07. The summed E-state index contributed by atoms with van der Waals surface area (Å²) in [6.07, 6.45) is 2.77. The number of pyridine rings is 1. The van der Waals surface area contributed by atoms with Crippen LogP contribution in [-0.2, 0) is 11.2 Å². The van der Waals surface area contributed by atoms with E-state index in [0.717, 1.165) is 0 Å². The molecule has 1 heterocycles. The van der Waals surface area contributed by atoms with Gasteiger partial charge in [-0.1, -0.05) is 23.7 Å².